The Kier molecular flexibility index (Phi) is 3.12. The van der Waals surface area contributed by atoms with Crippen molar-refractivity contribution in [3.8, 4) is 28.5 Å². The molecule has 2 aromatic carbocycles. The molecular formula is C20H18NO4+. The Bertz CT molecular complexity index is 1010. The molecule has 0 fully saturated rings. The minimum absolute atomic E-state index is 0.501. The van der Waals surface area contributed by atoms with E-state index < -0.39 is 0 Å². The molecule has 0 bridgehead atoms. The maximum absolute atomic E-state index is 5.60. The third-order valence-corrected chi connectivity index (χ3v) is 5.05. The lowest BCUT2D eigenvalue weighted by Crippen LogP contribution is -2.40. The fourth-order valence-corrected chi connectivity index (χ4v) is 3.80. The highest BCUT2D eigenvalue weighted by Gasteiger charge is 2.28. The van der Waals surface area contributed by atoms with Gasteiger partial charge in [-0.2, -0.15) is 9.45 Å². The van der Waals surface area contributed by atoms with Gasteiger partial charge < -0.3 is 14.4 Å². The zero-order valence-corrected chi connectivity index (χ0v) is 14.2. The topological polar surface area (TPSA) is 40.8 Å². The third kappa shape index (κ3) is 2.09. The van der Waals surface area contributed by atoms with Gasteiger partial charge in [-0.1, -0.05) is 0 Å². The fraction of sp³-hybridized carbons (Fsp3) is 0.250. The molecular weight excluding hydrogens is 318 g/mol. The van der Waals surface area contributed by atoms with Crippen molar-refractivity contribution in [2.45, 2.75) is 19.6 Å². The van der Waals surface area contributed by atoms with Gasteiger partial charge in [-0.05, 0) is 35.2 Å². The summed E-state index contributed by atoms with van der Waals surface area (Å²) in [4.78, 5) is 10.4. The summed E-state index contributed by atoms with van der Waals surface area (Å²) < 4.78 is 13.3. The van der Waals surface area contributed by atoms with E-state index in [1.165, 1.54) is 16.8 Å². The van der Waals surface area contributed by atoms with Gasteiger partial charge in [0.25, 0.3) is 0 Å². The second-order valence-corrected chi connectivity index (χ2v) is 6.37. The maximum Gasteiger partial charge on any atom is 0.213 e. The van der Waals surface area contributed by atoms with Crippen molar-refractivity contribution in [3.05, 3.63) is 47.7 Å². The predicted molar refractivity (Wildman–Crippen MR) is 91.8 cm³/mol. The Morgan fingerprint density at radius 2 is 1.96 bits per heavy atom. The molecule has 2 aliphatic heterocycles. The van der Waals surface area contributed by atoms with Crippen LogP contribution >= 0.6 is 0 Å². The molecule has 0 unspecified atom stereocenters. The third-order valence-electron chi connectivity index (χ3n) is 5.05. The smallest absolute Gasteiger partial charge is 0.213 e. The van der Waals surface area contributed by atoms with Crippen molar-refractivity contribution >= 4 is 10.8 Å². The number of aromatic nitrogens is 1. The van der Waals surface area contributed by atoms with Crippen LogP contribution in [0.4, 0.5) is 0 Å². The molecule has 0 spiro atoms. The van der Waals surface area contributed by atoms with Crippen LogP contribution in [0.5, 0.6) is 17.2 Å². The average Bonchev–Trinajstić information content (AvgIpc) is 3.11. The molecule has 25 heavy (non-hydrogen) atoms. The molecule has 5 nitrogen and oxygen atoms in total. The van der Waals surface area contributed by atoms with Gasteiger partial charge in [0.2, 0.25) is 5.69 Å². The van der Waals surface area contributed by atoms with Crippen molar-refractivity contribution in [3.63, 3.8) is 0 Å². The first-order chi connectivity index (χ1) is 12.3. The standard InChI is InChI=1S/C20H18NO4/c1-22-18-4-3-12-8-17-15-7-14-11-24-25-19(14)9-13(15)5-6-21(17)10-16(12)20(18)23-2/h3-4,7-10H,5-6,11H2,1-2H3/q+1. The van der Waals surface area contributed by atoms with Crippen molar-refractivity contribution in [2.24, 2.45) is 0 Å². The van der Waals surface area contributed by atoms with E-state index in [1.54, 1.807) is 14.2 Å². The van der Waals surface area contributed by atoms with Gasteiger partial charge in [-0.3, -0.25) is 0 Å². The number of fused-ring (bicyclic) bond motifs is 5. The van der Waals surface area contributed by atoms with Crippen molar-refractivity contribution < 1.29 is 23.8 Å². The van der Waals surface area contributed by atoms with Gasteiger partial charge in [0.15, 0.2) is 30.0 Å². The molecule has 0 N–H and O–H groups in total. The van der Waals surface area contributed by atoms with Crippen LogP contribution in [0.15, 0.2) is 36.5 Å². The first-order valence-corrected chi connectivity index (χ1v) is 8.32. The SMILES string of the molecule is COc1ccc2cc3[n+](cc2c1OC)CCc1cc2c(cc1-3)COO2. The monoisotopic (exact) mass is 336 g/mol. The predicted octanol–water partition coefficient (Wildman–Crippen LogP) is 3.19. The quantitative estimate of drug-likeness (QED) is 0.532. The molecule has 3 aromatic rings. The summed E-state index contributed by atoms with van der Waals surface area (Å²) in [5.74, 6) is 2.37. The lowest BCUT2D eigenvalue weighted by Gasteiger charge is -2.17. The number of ether oxygens (including phenoxy) is 2. The van der Waals surface area contributed by atoms with Gasteiger partial charge in [-0.25, -0.2) is 0 Å². The Balaban J connectivity index is 1.75. The molecule has 0 radical (unpaired) electrons. The van der Waals surface area contributed by atoms with Crippen LogP contribution in [0.25, 0.3) is 22.0 Å². The van der Waals surface area contributed by atoms with E-state index in [2.05, 4.69) is 35.0 Å². The highest BCUT2D eigenvalue weighted by molar-refractivity contribution is 5.91. The first kappa shape index (κ1) is 14.5. The summed E-state index contributed by atoms with van der Waals surface area (Å²) in [6.07, 6.45) is 3.12. The van der Waals surface area contributed by atoms with E-state index in [9.17, 15) is 0 Å². The number of hydrogen-bond acceptors (Lipinski definition) is 4. The minimum atomic E-state index is 0.501. The highest BCUT2D eigenvalue weighted by Crippen LogP contribution is 2.39. The van der Waals surface area contributed by atoms with Crippen molar-refractivity contribution in [2.75, 3.05) is 14.2 Å². The molecule has 3 heterocycles. The number of aryl methyl sites for hydroxylation is 2. The van der Waals surface area contributed by atoms with E-state index in [4.69, 9.17) is 19.2 Å². The van der Waals surface area contributed by atoms with Crippen LogP contribution in [-0.4, -0.2) is 14.2 Å². The number of methoxy groups -OCH3 is 2. The summed E-state index contributed by atoms with van der Waals surface area (Å²) in [7, 11) is 3.34. The summed E-state index contributed by atoms with van der Waals surface area (Å²) in [5, 5.41) is 2.19. The minimum Gasteiger partial charge on any atom is -0.493 e. The highest BCUT2D eigenvalue weighted by atomic mass is 17.2. The summed E-state index contributed by atoms with van der Waals surface area (Å²) in [5.41, 5.74) is 4.84. The molecule has 126 valence electrons. The van der Waals surface area contributed by atoms with E-state index in [0.717, 1.165) is 46.6 Å². The van der Waals surface area contributed by atoms with Crippen molar-refractivity contribution in [1.29, 1.82) is 0 Å². The lowest BCUT2D eigenvalue weighted by molar-refractivity contribution is -0.686. The van der Waals surface area contributed by atoms with Crippen LogP contribution < -0.4 is 18.9 Å². The number of pyridine rings is 1. The summed E-state index contributed by atoms with van der Waals surface area (Å²) in [6, 6.07) is 10.5. The normalized spacial score (nSPS) is 14.5. The van der Waals surface area contributed by atoms with Gasteiger partial charge in [0.1, 0.15) is 6.61 Å². The molecule has 1 aromatic heterocycles. The molecule has 0 saturated heterocycles. The second-order valence-electron chi connectivity index (χ2n) is 6.37. The number of benzene rings is 2. The number of hydrogen-bond donors (Lipinski definition) is 0. The largest absolute Gasteiger partial charge is 0.493 e. The van der Waals surface area contributed by atoms with E-state index >= 15 is 0 Å². The molecule has 0 saturated carbocycles. The Morgan fingerprint density at radius 3 is 2.80 bits per heavy atom. The first-order valence-electron chi connectivity index (χ1n) is 8.32. The van der Waals surface area contributed by atoms with E-state index in [-0.39, 0.29) is 0 Å². The van der Waals surface area contributed by atoms with Gasteiger partial charge in [0.05, 0.1) is 25.2 Å². The van der Waals surface area contributed by atoms with Crippen molar-refractivity contribution in [1.82, 2.24) is 0 Å². The van der Waals surface area contributed by atoms with Crippen LogP contribution in [0.3, 0.4) is 0 Å². The average molecular weight is 336 g/mol. The van der Waals surface area contributed by atoms with Gasteiger partial charge >= 0.3 is 0 Å². The molecule has 5 heteroatoms. The summed E-state index contributed by atoms with van der Waals surface area (Å²) >= 11 is 0. The van der Waals surface area contributed by atoms with Gasteiger partial charge in [-0.15, -0.1) is 0 Å². The molecule has 0 atom stereocenters. The Morgan fingerprint density at radius 1 is 1.04 bits per heavy atom. The molecule has 0 aliphatic carbocycles. The molecule has 2 aliphatic rings. The fourth-order valence-electron chi connectivity index (χ4n) is 3.80. The molecule has 0 amide bonds. The van der Waals surface area contributed by atoms with E-state index in [1.807, 2.05) is 6.07 Å². The zero-order chi connectivity index (χ0) is 17.0. The van der Waals surface area contributed by atoms with E-state index in [0.29, 0.717) is 6.61 Å². The van der Waals surface area contributed by atoms with Crippen LogP contribution in [-0.2, 0) is 24.5 Å². The summed E-state index contributed by atoms with van der Waals surface area (Å²) in [6.45, 7) is 1.42. The lowest BCUT2D eigenvalue weighted by atomic mass is 9.93. The van der Waals surface area contributed by atoms with Crippen LogP contribution in [0, 0.1) is 0 Å². The second kappa shape index (κ2) is 5.36. The molecule has 5 rings (SSSR count). The number of rotatable bonds is 2. The van der Waals surface area contributed by atoms with Gasteiger partial charge in [0, 0.05) is 18.1 Å². The number of nitrogens with zero attached hydrogens (tertiary/aromatic N) is 1. The zero-order valence-electron chi connectivity index (χ0n) is 14.2. The Labute approximate surface area is 145 Å². The van der Waals surface area contributed by atoms with Crippen LogP contribution in [0.1, 0.15) is 11.1 Å². The Hall–Kier alpha value is -2.79. The van der Waals surface area contributed by atoms with Crippen LogP contribution in [0.2, 0.25) is 0 Å². The maximum atomic E-state index is 5.60.